The van der Waals surface area contributed by atoms with E-state index >= 15 is 17.6 Å². The zero-order valence-electron chi connectivity index (χ0n) is 34.7. The summed E-state index contributed by atoms with van der Waals surface area (Å²) >= 11 is 0. The first kappa shape index (κ1) is 43.4. The van der Waals surface area contributed by atoms with Crippen molar-refractivity contribution in [1.29, 1.82) is 0 Å². The van der Waals surface area contributed by atoms with Crippen LogP contribution in [0.25, 0.3) is 22.1 Å². The summed E-state index contributed by atoms with van der Waals surface area (Å²) in [7, 11) is 2.30. The van der Waals surface area contributed by atoms with E-state index in [9.17, 15) is 19.2 Å². The molecule has 0 radical (unpaired) electrons. The van der Waals surface area contributed by atoms with Crippen molar-refractivity contribution in [2.45, 2.75) is 61.7 Å². The van der Waals surface area contributed by atoms with Crippen LogP contribution in [0.2, 0.25) is 0 Å². The highest BCUT2D eigenvalue weighted by molar-refractivity contribution is 5.89. The van der Waals surface area contributed by atoms with Crippen LogP contribution >= 0.6 is 0 Å². The minimum atomic E-state index is -3.19. The predicted molar refractivity (Wildman–Crippen MR) is 226 cm³/mol. The number of methoxy groups -OCH3 is 2. The van der Waals surface area contributed by atoms with Crippen LogP contribution in [0, 0.1) is 0 Å². The number of carbonyl (C=O) groups is 4. The van der Waals surface area contributed by atoms with Gasteiger partial charge in [-0.2, -0.15) is 0 Å². The number of imidazole rings is 2. The standard InChI is InChI=1S/C46H44F4N8O6/c1-63-43(61)55-37(29-13-5-3-6-14-29)41(59)57-25-45(47,48)23-35(57)39-51-31-19-17-27(21-33(31)53-39)11-9-10-12-28-18-20-32-34(22-28)54-40(52-32)36-24-46(49,50)26-58(36)42(60)38(56-44(62)64-2)30-15-7-4-8-16-30/h3-10,13-22,35-38H,11-12,23-26H2,1-2H3,(H,51,53)(H,52,54)(H,55,61)(H,56,62)/b10-9+/t35-,36-,37-,38-/m1/s1. The monoisotopic (exact) mass is 880 g/mol. The fraction of sp³-hybridized carbons (Fsp3) is 0.304. The van der Waals surface area contributed by atoms with Crippen molar-refractivity contribution >= 4 is 46.1 Å². The summed E-state index contributed by atoms with van der Waals surface area (Å²) in [4.78, 5) is 69.7. The number of H-pyrrole nitrogens is 2. The van der Waals surface area contributed by atoms with Gasteiger partial charge in [-0.05, 0) is 59.4 Å². The summed E-state index contributed by atoms with van der Waals surface area (Å²) in [6.45, 7) is -1.70. The first-order chi connectivity index (χ1) is 30.7. The number of halogens is 4. The topological polar surface area (TPSA) is 175 Å². The Balaban J connectivity index is 0.943. The van der Waals surface area contributed by atoms with Gasteiger partial charge in [-0.3, -0.25) is 9.59 Å². The van der Waals surface area contributed by atoms with Crippen LogP contribution in [0.1, 0.15) is 70.9 Å². The number of benzene rings is 4. The van der Waals surface area contributed by atoms with Crippen molar-refractivity contribution in [2.75, 3.05) is 27.3 Å². The lowest BCUT2D eigenvalue weighted by molar-refractivity contribution is -0.136. The van der Waals surface area contributed by atoms with Crippen molar-refractivity contribution in [3.05, 3.63) is 143 Å². The molecule has 18 heteroatoms. The average Bonchev–Trinajstić information content (AvgIpc) is 4.07. The second-order valence-electron chi connectivity index (χ2n) is 15.9. The highest BCUT2D eigenvalue weighted by atomic mass is 19.3. The maximum absolute atomic E-state index is 15.0. The summed E-state index contributed by atoms with van der Waals surface area (Å²) in [5.74, 6) is -7.44. The molecular formula is C46H44F4N8O6. The van der Waals surface area contributed by atoms with Gasteiger partial charge in [0.25, 0.3) is 23.7 Å². The molecule has 14 nitrogen and oxygen atoms in total. The van der Waals surface area contributed by atoms with E-state index in [4.69, 9.17) is 9.47 Å². The van der Waals surface area contributed by atoms with E-state index in [1.807, 2.05) is 36.4 Å². The number of amides is 4. The minimum absolute atomic E-state index is 0.198. The first-order valence-electron chi connectivity index (χ1n) is 20.5. The van der Waals surface area contributed by atoms with Gasteiger partial charge in [-0.1, -0.05) is 84.9 Å². The third kappa shape index (κ3) is 9.40. The van der Waals surface area contributed by atoms with Crippen molar-refractivity contribution in [1.82, 2.24) is 40.4 Å². The fourth-order valence-electron chi connectivity index (χ4n) is 8.30. The summed E-state index contributed by atoms with van der Waals surface area (Å²) in [6.07, 6.45) is 1.94. The Morgan fingerprint density at radius 1 is 0.656 bits per heavy atom. The molecule has 4 atom stereocenters. The number of fused-ring (bicyclic) bond motifs is 2. The van der Waals surface area contributed by atoms with Crippen LogP contribution in [0.4, 0.5) is 27.2 Å². The van der Waals surface area contributed by atoms with Gasteiger partial charge in [0.2, 0.25) is 0 Å². The smallest absolute Gasteiger partial charge is 0.407 e. The highest BCUT2D eigenvalue weighted by Gasteiger charge is 2.51. The van der Waals surface area contributed by atoms with Gasteiger partial charge >= 0.3 is 12.2 Å². The number of aromatic nitrogens is 4. The number of nitrogens with one attached hydrogen (secondary N) is 4. The Morgan fingerprint density at radius 2 is 1.05 bits per heavy atom. The Labute approximate surface area is 364 Å². The summed E-state index contributed by atoms with van der Waals surface area (Å²) < 4.78 is 69.5. The zero-order valence-corrected chi connectivity index (χ0v) is 34.7. The molecule has 2 aliphatic rings. The zero-order chi connectivity index (χ0) is 45.2. The Morgan fingerprint density at radius 3 is 1.42 bits per heavy atom. The molecule has 4 aromatic carbocycles. The van der Waals surface area contributed by atoms with Gasteiger partial charge < -0.3 is 39.9 Å². The largest absolute Gasteiger partial charge is 0.453 e. The summed E-state index contributed by atoms with van der Waals surface area (Å²) in [5.41, 5.74) is 4.91. The molecule has 0 spiro atoms. The van der Waals surface area contributed by atoms with Crippen LogP contribution in [0.3, 0.4) is 0 Å². The van der Waals surface area contributed by atoms with Crippen LogP contribution in [0.15, 0.2) is 109 Å². The number of allylic oxidation sites excluding steroid dienone is 2. The molecule has 2 saturated heterocycles. The number of carbonyl (C=O) groups excluding carboxylic acids is 4. The molecule has 0 saturated carbocycles. The number of likely N-dealkylation sites (tertiary alicyclic amines) is 2. The molecule has 2 aliphatic heterocycles. The number of rotatable bonds is 12. The van der Waals surface area contributed by atoms with E-state index in [0.717, 1.165) is 35.1 Å². The molecule has 4 heterocycles. The lowest BCUT2D eigenvalue weighted by atomic mass is 10.1. The lowest BCUT2D eigenvalue weighted by Gasteiger charge is -2.28. The van der Waals surface area contributed by atoms with E-state index in [0.29, 0.717) is 46.0 Å². The van der Waals surface area contributed by atoms with Gasteiger partial charge in [0, 0.05) is 12.8 Å². The molecule has 4 amide bonds. The number of nitrogens with zero attached hydrogens (tertiary/aromatic N) is 4. The normalized spacial score (nSPS) is 18.9. The van der Waals surface area contributed by atoms with Crippen LogP contribution in [0.5, 0.6) is 0 Å². The molecule has 2 aromatic heterocycles. The Bertz CT molecular complexity index is 2530. The number of ether oxygens (including phenoxy) is 2. The second-order valence-corrected chi connectivity index (χ2v) is 15.9. The van der Waals surface area contributed by atoms with Crippen LogP contribution < -0.4 is 10.6 Å². The van der Waals surface area contributed by atoms with E-state index in [1.165, 1.54) is 0 Å². The van der Waals surface area contributed by atoms with Crippen molar-refractivity contribution < 1.29 is 46.2 Å². The van der Waals surface area contributed by atoms with Gasteiger partial charge in [0.1, 0.15) is 23.7 Å². The van der Waals surface area contributed by atoms with Gasteiger partial charge in [0.15, 0.2) is 0 Å². The molecule has 64 heavy (non-hydrogen) atoms. The number of hydrogen-bond acceptors (Lipinski definition) is 8. The van der Waals surface area contributed by atoms with E-state index < -0.39 is 85.9 Å². The lowest BCUT2D eigenvalue weighted by Crippen LogP contribution is -2.43. The van der Waals surface area contributed by atoms with Gasteiger partial charge in [-0.25, -0.2) is 37.1 Å². The highest BCUT2D eigenvalue weighted by Crippen LogP contribution is 2.43. The van der Waals surface area contributed by atoms with Crippen molar-refractivity contribution in [2.24, 2.45) is 0 Å². The molecule has 8 rings (SSSR count). The van der Waals surface area contributed by atoms with Crippen LogP contribution in [-0.2, 0) is 31.9 Å². The molecule has 2 fully saturated rings. The second kappa shape index (κ2) is 17.9. The third-order valence-corrected chi connectivity index (χ3v) is 11.4. The third-order valence-electron chi connectivity index (χ3n) is 11.4. The van der Waals surface area contributed by atoms with Crippen molar-refractivity contribution in [3.8, 4) is 0 Å². The minimum Gasteiger partial charge on any atom is -0.453 e. The quantitative estimate of drug-likeness (QED) is 0.0712. The van der Waals surface area contributed by atoms with Gasteiger partial charge in [0.05, 0.1) is 61.5 Å². The number of hydrogen-bond donors (Lipinski definition) is 4. The Hall–Kier alpha value is -7.24. The molecule has 6 aromatic rings. The van der Waals surface area contributed by atoms with E-state index in [1.54, 1.807) is 72.8 Å². The number of alkyl carbamates (subject to hydrolysis) is 2. The molecule has 0 bridgehead atoms. The van der Waals surface area contributed by atoms with Gasteiger partial charge in [-0.15, -0.1) is 0 Å². The molecular weight excluding hydrogens is 837 g/mol. The first-order valence-corrected chi connectivity index (χ1v) is 20.5. The molecule has 0 unspecified atom stereocenters. The summed E-state index contributed by atoms with van der Waals surface area (Å²) in [5, 5.41) is 4.96. The SMILES string of the molecule is COC(=O)N[C@@H](C(=O)N1CC(F)(F)C[C@@H]1c1nc2ccc(C/C=C/Cc3ccc4nc([C@H]5CC(F)(F)CN5C(=O)[C@H](NC(=O)OC)c5ccccc5)[nH]c4c3)cc2[nH]1)c1ccccc1. The van der Waals surface area contributed by atoms with Crippen molar-refractivity contribution in [3.63, 3.8) is 0 Å². The number of aromatic amines is 2. The predicted octanol–water partition coefficient (Wildman–Crippen LogP) is 7.79. The fourth-order valence-corrected chi connectivity index (χ4v) is 8.30. The average molecular weight is 881 g/mol. The molecule has 4 N–H and O–H groups in total. The number of alkyl halides is 4. The maximum atomic E-state index is 15.0. The maximum Gasteiger partial charge on any atom is 0.407 e. The summed E-state index contributed by atoms with van der Waals surface area (Å²) in [6, 6.07) is 23.0. The Kier molecular flexibility index (Phi) is 12.1. The van der Waals surface area contributed by atoms with E-state index in [2.05, 4.69) is 30.6 Å². The van der Waals surface area contributed by atoms with E-state index in [-0.39, 0.29) is 11.6 Å². The van der Waals surface area contributed by atoms with Crippen LogP contribution in [-0.4, -0.2) is 92.9 Å². The molecule has 332 valence electrons. The molecule has 0 aliphatic carbocycles.